The molecule has 0 amide bonds. The van der Waals surface area contributed by atoms with Crippen molar-refractivity contribution in [1.29, 1.82) is 0 Å². The van der Waals surface area contributed by atoms with Crippen LogP contribution in [0.25, 0.3) is 0 Å². The molecule has 2 atom stereocenters. The Kier molecular flexibility index (Phi) is 2.71. The summed E-state index contributed by atoms with van der Waals surface area (Å²) < 4.78 is 5.31. The lowest BCUT2D eigenvalue weighted by Gasteiger charge is -2.36. The van der Waals surface area contributed by atoms with Crippen molar-refractivity contribution in [3.8, 4) is 5.75 Å². The van der Waals surface area contributed by atoms with Crippen LogP contribution in [0.2, 0.25) is 0 Å². The molecule has 1 aromatic carbocycles. The zero-order valence-electron chi connectivity index (χ0n) is 10.4. The summed E-state index contributed by atoms with van der Waals surface area (Å²) in [6.45, 7) is 1.98. The fourth-order valence-electron chi connectivity index (χ4n) is 3.22. The summed E-state index contributed by atoms with van der Waals surface area (Å²) in [5, 5.41) is 0. The first-order valence-corrected chi connectivity index (χ1v) is 6.45. The predicted octanol–water partition coefficient (Wildman–Crippen LogP) is 1.80. The van der Waals surface area contributed by atoms with E-state index in [4.69, 9.17) is 10.5 Å². The zero-order valence-corrected chi connectivity index (χ0v) is 10.4. The molecule has 17 heavy (non-hydrogen) atoms. The van der Waals surface area contributed by atoms with Gasteiger partial charge in [0, 0.05) is 24.3 Å². The van der Waals surface area contributed by atoms with Crippen molar-refractivity contribution in [2.75, 3.05) is 25.1 Å². The lowest BCUT2D eigenvalue weighted by molar-refractivity contribution is 0.356. The highest BCUT2D eigenvalue weighted by Gasteiger charge is 2.34. The minimum absolute atomic E-state index is 0.666. The molecule has 1 aromatic rings. The van der Waals surface area contributed by atoms with Crippen LogP contribution in [0, 0.1) is 5.92 Å². The highest BCUT2D eigenvalue weighted by molar-refractivity contribution is 5.62. The van der Waals surface area contributed by atoms with E-state index in [1.165, 1.54) is 30.5 Å². The second-order valence-corrected chi connectivity index (χ2v) is 5.17. The van der Waals surface area contributed by atoms with Gasteiger partial charge in [0.2, 0.25) is 0 Å². The van der Waals surface area contributed by atoms with Crippen LogP contribution in [0.5, 0.6) is 5.75 Å². The first-order valence-electron chi connectivity index (χ1n) is 6.45. The molecular weight excluding hydrogens is 212 g/mol. The Labute approximate surface area is 103 Å². The third-order valence-electron chi connectivity index (χ3n) is 4.22. The molecule has 0 aromatic heterocycles. The van der Waals surface area contributed by atoms with Gasteiger partial charge in [-0.2, -0.15) is 0 Å². The number of nitrogens with two attached hydrogens (primary N) is 1. The van der Waals surface area contributed by atoms with E-state index in [0.717, 1.165) is 18.8 Å². The largest absolute Gasteiger partial charge is 0.497 e. The third-order valence-corrected chi connectivity index (χ3v) is 4.22. The molecule has 0 saturated carbocycles. The lowest BCUT2D eigenvalue weighted by atomic mass is 9.91. The quantitative estimate of drug-likeness (QED) is 0.845. The number of rotatable bonds is 2. The molecule has 2 N–H and O–H groups in total. The Bertz CT molecular complexity index is 419. The van der Waals surface area contributed by atoms with Crippen molar-refractivity contribution in [3.63, 3.8) is 0 Å². The maximum Gasteiger partial charge on any atom is 0.120 e. The van der Waals surface area contributed by atoms with Crippen LogP contribution in [0.4, 0.5) is 5.69 Å². The van der Waals surface area contributed by atoms with Gasteiger partial charge in [0.1, 0.15) is 5.75 Å². The van der Waals surface area contributed by atoms with Crippen molar-refractivity contribution in [3.05, 3.63) is 23.8 Å². The highest BCUT2D eigenvalue weighted by atomic mass is 16.5. The second kappa shape index (κ2) is 4.22. The third kappa shape index (κ3) is 1.78. The molecule has 1 fully saturated rings. The summed E-state index contributed by atoms with van der Waals surface area (Å²) in [6.07, 6.45) is 3.65. The van der Waals surface area contributed by atoms with E-state index in [1.807, 2.05) is 0 Å². The number of benzene rings is 1. The number of methoxy groups -OCH3 is 1. The first-order chi connectivity index (χ1) is 8.31. The average molecular weight is 232 g/mol. The van der Waals surface area contributed by atoms with Crippen molar-refractivity contribution in [1.82, 2.24) is 0 Å². The predicted molar refractivity (Wildman–Crippen MR) is 69.6 cm³/mol. The van der Waals surface area contributed by atoms with E-state index < -0.39 is 0 Å². The SMILES string of the molecule is COc1ccc2c(c1)N1CCC(CN)CC1C2. The van der Waals surface area contributed by atoms with E-state index >= 15 is 0 Å². The molecule has 3 nitrogen and oxygen atoms in total. The number of piperidine rings is 1. The molecule has 2 aliphatic heterocycles. The van der Waals surface area contributed by atoms with Crippen LogP contribution < -0.4 is 15.4 Å². The molecule has 2 unspecified atom stereocenters. The van der Waals surface area contributed by atoms with E-state index in [2.05, 4.69) is 23.1 Å². The normalized spacial score (nSPS) is 26.6. The molecule has 92 valence electrons. The van der Waals surface area contributed by atoms with Gasteiger partial charge >= 0.3 is 0 Å². The standard InChI is InChI=1S/C14H20N2O/c1-17-13-3-2-11-7-12-6-10(9-15)4-5-16(12)14(11)8-13/h2-3,8,10,12H,4-7,9,15H2,1H3. The molecule has 2 heterocycles. The number of nitrogens with zero attached hydrogens (tertiary/aromatic N) is 1. The van der Waals surface area contributed by atoms with Crippen LogP contribution in [-0.4, -0.2) is 26.2 Å². The van der Waals surface area contributed by atoms with Crippen LogP contribution in [-0.2, 0) is 6.42 Å². The van der Waals surface area contributed by atoms with Crippen LogP contribution in [0.15, 0.2) is 18.2 Å². The lowest BCUT2D eigenvalue weighted by Crippen LogP contribution is -2.41. The van der Waals surface area contributed by atoms with Crippen LogP contribution >= 0.6 is 0 Å². The monoisotopic (exact) mass is 232 g/mol. The Morgan fingerprint density at radius 1 is 1.47 bits per heavy atom. The van der Waals surface area contributed by atoms with E-state index in [1.54, 1.807) is 7.11 Å². The summed E-state index contributed by atoms with van der Waals surface area (Å²) in [4.78, 5) is 2.55. The van der Waals surface area contributed by atoms with Crippen molar-refractivity contribution < 1.29 is 4.74 Å². The Morgan fingerprint density at radius 3 is 3.12 bits per heavy atom. The second-order valence-electron chi connectivity index (χ2n) is 5.17. The summed E-state index contributed by atoms with van der Waals surface area (Å²) in [6, 6.07) is 7.12. The van der Waals surface area contributed by atoms with Crippen molar-refractivity contribution in [2.24, 2.45) is 11.7 Å². The Hall–Kier alpha value is -1.22. The number of ether oxygens (including phenoxy) is 1. The molecule has 1 saturated heterocycles. The molecular formula is C14H20N2O. The van der Waals surface area contributed by atoms with E-state index in [0.29, 0.717) is 12.0 Å². The molecule has 2 aliphatic rings. The van der Waals surface area contributed by atoms with Gasteiger partial charge in [-0.25, -0.2) is 0 Å². The minimum atomic E-state index is 0.666. The number of hydrogen-bond donors (Lipinski definition) is 1. The van der Waals surface area contributed by atoms with E-state index in [9.17, 15) is 0 Å². The van der Waals surface area contributed by atoms with Gasteiger partial charge in [-0.1, -0.05) is 6.07 Å². The number of anilines is 1. The Balaban J connectivity index is 1.86. The first kappa shape index (κ1) is 10.9. The summed E-state index contributed by atoms with van der Waals surface area (Å²) in [7, 11) is 1.73. The summed E-state index contributed by atoms with van der Waals surface area (Å²) in [5.41, 5.74) is 8.64. The van der Waals surface area contributed by atoms with Crippen LogP contribution in [0.1, 0.15) is 18.4 Å². The molecule has 0 spiro atoms. The molecule has 0 bridgehead atoms. The van der Waals surface area contributed by atoms with E-state index in [-0.39, 0.29) is 0 Å². The summed E-state index contributed by atoms with van der Waals surface area (Å²) in [5.74, 6) is 1.68. The van der Waals surface area contributed by atoms with Crippen molar-refractivity contribution >= 4 is 5.69 Å². The zero-order chi connectivity index (χ0) is 11.8. The highest BCUT2D eigenvalue weighted by Crippen LogP contribution is 2.40. The van der Waals surface area contributed by atoms with Gasteiger partial charge in [-0.05, 0) is 43.4 Å². The fraction of sp³-hybridized carbons (Fsp3) is 0.571. The maximum atomic E-state index is 5.80. The van der Waals surface area contributed by atoms with Gasteiger partial charge in [0.25, 0.3) is 0 Å². The fourth-order valence-corrected chi connectivity index (χ4v) is 3.22. The molecule has 0 radical (unpaired) electrons. The molecule has 0 aliphatic carbocycles. The average Bonchev–Trinajstić information content (AvgIpc) is 2.74. The summed E-state index contributed by atoms with van der Waals surface area (Å²) >= 11 is 0. The molecule has 3 heteroatoms. The van der Waals surface area contributed by atoms with Crippen LogP contribution in [0.3, 0.4) is 0 Å². The van der Waals surface area contributed by atoms with Crippen molar-refractivity contribution in [2.45, 2.75) is 25.3 Å². The number of hydrogen-bond acceptors (Lipinski definition) is 3. The smallest absolute Gasteiger partial charge is 0.120 e. The number of fused-ring (bicyclic) bond motifs is 3. The maximum absolute atomic E-state index is 5.80. The minimum Gasteiger partial charge on any atom is -0.497 e. The van der Waals surface area contributed by atoms with Gasteiger partial charge in [0.15, 0.2) is 0 Å². The molecule has 3 rings (SSSR count). The van der Waals surface area contributed by atoms with Gasteiger partial charge < -0.3 is 15.4 Å². The Morgan fingerprint density at radius 2 is 2.35 bits per heavy atom. The topological polar surface area (TPSA) is 38.5 Å². The van der Waals surface area contributed by atoms with Gasteiger partial charge in [-0.15, -0.1) is 0 Å². The van der Waals surface area contributed by atoms with Gasteiger partial charge in [0.05, 0.1) is 7.11 Å². The van der Waals surface area contributed by atoms with Gasteiger partial charge in [-0.3, -0.25) is 0 Å².